The minimum Gasteiger partial charge on any atom is -0.478 e. The lowest BCUT2D eigenvalue weighted by Gasteiger charge is -2.07. The Morgan fingerprint density at radius 2 is 1.84 bits per heavy atom. The van der Waals surface area contributed by atoms with Crippen LogP contribution in [0.2, 0.25) is 0 Å². The molecule has 19 heavy (non-hydrogen) atoms. The molecule has 0 aliphatic carbocycles. The summed E-state index contributed by atoms with van der Waals surface area (Å²) in [7, 11) is 0. The lowest BCUT2D eigenvalue weighted by molar-refractivity contribution is 0.0696. The van der Waals surface area contributed by atoms with Crippen molar-refractivity contribution in [1.29, 1.82) is 0 Å². The Morgan fingerprint density at radius 3 is 2.42 bits per heavy atom. The minimum atomic E-state index is -0.993. The summed E-state index contributed by atoms with van der Waals surface area (Å²) < 4.78 is 25.9. The molecule has 0 heterocycles. The van der Waals surface area contributed by atoms with Crippen molar-refractivity contribution in [3.8, 4) is 0 Å². The Kier molecular flexibility index (Phi) is 3.85. The number of carbonyl (C=O) groups is 1. The van der Waals surface area contributed by atoms with E-state index in [9.17, 15) is 13.6 Å². The van der Waals surface area contributed by atoms with Gasteiger partial charge in [0.05, 0.1) is 5.56 Å². The van der Waals surface area contributed by atoms with E-state index in [1.165, 1.54) is 23.9 Å². The molecular weight excluding hydrogens is 270 g/mol. The van der Waals surface area contributed by atoms with Gasteiger partial charge < -0.3 is 5.11 Å². The molecule has 98 valence electrons. The van der Waals surface area contributed by atoms with Gasteiger partial charge in [0, 0.05) is 9.79 Å². The normalized spacial score (nSPS) is 10.5. The molecule has 0 aliphatic rings. The molecule has 5 heteroatoms. The molecule has 0 saturated heterocycles. The van der Waals surface area contributed by atoms with Crippen LogP contribution >= 0.6 is 11.8 Å². The van der Waals surface area contributed by atoms with Gasteiger partial charge in [-0.2, -0.15) is 0 Å². The zero-order chi connectivity index (χ0) is 14.0. The number of hydrogen-bond donors (Lipinski definition) is 1. The van der Waals surface area contributed by atoms with E-state index in [2.05, 4.69) is 0 Å². The van der Waals surface area contributed by atoms with Crippen molar-refractivity contribution >= 4 is 17.7 Å². The number of halogens is 2. The van der Waals surface area contributed by atoms with Gasteiger partial charge in [0.1, 0.15) is 0 Å². The monoisotopic (exact) mass is 280 g/mol. The summed E-state index contributed by atoms with van der Waals surface area (Å²) in [5, 5.41) is 8.86. The smallest absolute Gasteiger partial charge is 0.335 e. The molecule has 0 aliphatic heterocycles. The van der Waals surface area contributed by atoms with Crippen molar-refractivity contribution in [1.82, 2.24) is 0 Å². The molecule has 0 aromatic heterocycles. The van der Waals surface area contributed by atoms with Crippen LogP contribution < -0.4 is 0 Å². The van der Waals surface area contributed by atoms with E-state index in [-0.39, 0.29) is 5.56 Å². The summed E-state index contributed by atoms with van der Waals surface area (Å²) in [5.41, 5.74) is 0.974. The number of carboxylic acid groups (broad SMARTS) is 1. The highest BCUT2D eigenvalue weighted by Gasteiger charge is 2.08. The van der Waals surface area contributed by atoms with Crippen molar-refractivity contribution in [2.24, 2.45) is 0 Å². The summed E-state index contributed by atoms with van der Waals surface area (Å²) in [4.78, 5) is 12.2. The van der Waals surface area contributed by atoms with Crippen molar-refractivity contribution in [2.75, 3.05) is 0 Å². The first-order valence-corrected chi connectivity index (χ1v) is 6.26. The topological polar surface area (TPSA) is 37.3 Å². The largest absolute Gasteiger partial charge is 0.478 e. The first-order chi connectivity index (χ1) is 8.97. The first kappa shape index (κ1) is 13.5. The van der Waals surface area contributed by atoms with Crippen LogP contribution in [-0.4, -0.2) is 11.1 Å². The lowest BCUT2D eigenvalue weighted by atomic mass is 10.1. The number of benzene rings is 2. The molecule has 0 amide bonds. The molecule has 0 bridgehead atoms. The third-order valence-electron chi connectivity index (χ3n) is 2.54. The maximum Gasteiger partial charge on any atom is 0.335 e. The maximum atomic E-state index is 13.1. The highest BCUT2D eigenvalue weighted by molar-refractivity contribution is 7.99. The first-order valence-electron chi connectivity index (χ1n) is 5.44. The van der Waals surface area contributed by atoms with Crippen LogP contribution in [0, 0.1) is 18.6 Å². The SMILES string of the molecule is Cc1cc(C(=O)O)ccc1Sc1ccc(F)c(F)c1. The molecular formula is C14H10F2O2S. The lowest BCUT2D eigenvalue weighted by Crippen LogP contribution is -1.96. The van der Waals surface area contributed by atoms with E-state index in [0.29, 0.717) is 4.90 Å². The summed E-state index contributed by atoms with van der Waals surface area (Å²) in [6.07, 6.45) is 0. The van der Waals surface area contributed by atoms with E-state index < -0.39 is 17.6 Å². The molecule has 2 rings (SSSR count). The Morgan fingerprint density at radius 1 is 1.11 bits per heavy atom. The quantitative estimate of drug-likeness (QED) is 0.918. The Bertz CT molecular complexity index is 641. The van der Waals surface area contributed by atoms with Gasteiger partial charge in [-0.25, -0.2) is 13.6 Å². The van der Waals surface area contributed by atoms with Gasteiger partial charge in [-0.05, 0) is 48.9 Å². The van der Waals surface area contributed by atoms with Crippen LogP contribution in [0.25, 0.3) is 0 Å². The molecule has 2 aromatic rings. The highest BCUT2D eigenvalue weighted by atomic mass is 32.2. The predicted octanol–water partition coefficient (Wildman–Crippen LogP) is 4.12. The van der Waals surface area contributed by atoms with Gasteiger partial charge in [-0.15, -0.1) is 0 Å². The summed E-state index contributed by atoms with van der Waals surface area (Å²) in [6.45, 7) is 1.77. The third kappa shape index (κ3) is 3.12. The molecule has 0 saturated carbocycles. The van der Waals surface area contributed by atoms with Crippen LogP contribution in [-0.2, 0) is 0 Å². The molecule has 2 nitrogen and oxygen atoms in total. The van der Waals surface area contributed by atoms with Crippen molar-refractivity contribution in [3.05, 3.63) is 59.2 Å². The van der Waals surface area contributed by atoms with Gasteiger partial charge in [0.25, 0.3) is 0 Å². The molecule has 0 fully saturated rings. The van der Waals surface area contributed by atoms with Gasteiger partial charge in [0.15, 0.2) is 11.6 Å². The number of hydrogen-bond acceptors (Lipinski definition) is 2. The van der Waals surface area contributed by atoms with Crippen molar-refractivity contribution in [3.63, 3.8) is 0 Å². The third-order valence-corrected chi connectivity index (χ3v) is 3.71. The fourth-order valence-corrected chi connectivity index (χ4v) is 2.47. The summed E-state index contributed by atoms with van der Waals surface area (Å²) in [6, 6.07) is 8.35. The van der Waals surface area contributed by atoms with E-state index in [1.807, 2.05) is 0 Å². The maximum absolute atomic E-state index is 13.1. The number of carboxylic acids is 1. The predicted molar refractivity (Wildman–Crippen MR) is 68.6 cm³/mol. The van der Waals surface area contributed by atoms with E-state index in [1.54, 1.807) is 19.1 Å². The van der Waals surface area contributed by atoms with Gasteiger partial charge in [-0.1, -0.05) is 11.8 Å². The standard InChI is InChI=1S/C14H10F2O2S/c1-8-6-9(14(17)18)2-5-13(8)19-10-3-4-11(15)12(16)7-10/h2-7H,1H3,(H,17,18). The van der Waals surface area contributed by atoms with E-state index >= 15 is 0 Å². The van der Waals surface area contributed by atoms with Crippen LogP contribution in [0.3, 0.4) is 0 Å². The summed E-state index contributed by atoms with van der Waals surface area (Å²) >= 11 is 1.26. The average Bonchev–Trinajstić information content (AvgIpc) is 2.36. The zero-order valence-electron chi connectivity index (χ0n) is 9.98. The van der Waals surface area contributed by atoms with Gasteiger partial charge in [0.2, 0.25) is 0 Å². The fourth-order valence-electron chi connectivity index (χ4n) is 1.56. The Balaban J connectivity index is 2.28. The van der Waals surface area contributed by atoms with Crippen LogP contribution in [0.1, 0.15) is 15.9 Å². The number of rotatable bonds is 3. The second-order valence-corrected chi connectivity index (χ2v) is 5.08. The molecule has 2 aromatic carbocycles. The molecule has 0 radical (unpaired) electrons. The summed E-state index contributed by atoms with van der Waals surface area (Å²) in [5.74, 6) is -2.78. The number of aryl methyl sites for hydroxylation is 1. The van der Waals surface area contributed by atoms with E-state index in [4.69, 9.17) is 5.11 Å². The molecule has 1 N–H and O–H groups in total. The molecule has 0 spiro atoms. The second kappa shape index (κ2) is 5.40. The van der Waals surface area contributed by atoms with Crippen molar-refractivity contribution < 1.29 is 18.7 Å². The van der Waals surface area contributed by atoms with Crippen LogP contribution in [0.5, 0.6) is 0 Å². The molecule has 0 atom stereocenters. The van der Waals surface area contributed by atoms with Crippen LogP contribution in [0.15, 0.2) is 46.2 Å². The second-order valence-electron chi connectivity index (χ2n) is 3.96. The van der Waals surface area contributed by atoms with Gasteiger partial charge in [-0.3, -0.25) is 0 Å². The Hall–Kier alpha value is -1.88. The Labute approximate surface area is 113 Å². The number of aromatic carboxylic acids is 1. The average molecular weight is 280 g/mol. The minimum absolute atomic E-state index is 0.201. The molecule has 0 unspecified atom stereocenters. The van der Waals surface area contributed by atoms with Gasteiger partial charge >= 0.3 is 5.97 Å². The fraction of sp³-hybridized carbons (Fsp3) is 0.0714. The zero-order valence-corrected chi connectivity index (χ0v) is 10.8. The van der Waals surface area contributed by atoms with E-state index in [0.717, 1.165) is 22.6 Å². The van der Waals surface area contributed by atoms with Crippen molar-refractivity contribution in [2.45, 2.75) is 16.7 Å². The van der Waals surface area contributed by atoms with Crippen LogP contribution in [0.4, 0.5) is 8.78 Å². The highest BCUT2D eigenvalue weighted by Crippen LogP contribution is 2.31.